The Kier molecular flexibility index (Phi) is 6.21. The summed E-state index contributed by atoms with van der Waals surface area (Å²) in [5.74, 6) is -0.400. The van der Waals surface area contributed by atoms with Gasteiger partial charge in [0.2, 0.25) is 15.9 Å². The van der Waals surface area contributed by atoms with E-state index in [1.165, 1.54) is 18.2 Å². The molecule has 1 unspecified atom stereocenters. The van der Waals surface area contributed by atoms with E-state index in [1.54, 1.807) is 42.3 Å². The molecule has 0 radical (unpaired) electrons. The van der Waals surface area contributed by atoms with Gasteiger partial charge in [-0.1, -0.05) is 24.3 Å². The summed E-state index contributed by atoms with van der Waals surface area (Å²) < 4.78 is 36.2. The smallest absolute Gasteiger partial charge is 0.238 e. The number of amides is 1. The molecule has 0 aliphatic rings. The van der Waals surface area contributed by atoms with Crippen molar-refractivity contribution >= 4 is 27.7 Å². The van der Waals surface area contributed by atoms with Crippen molar-refractivity contribution in [3.63, 3.8) is 0 Å². The zero-order valence-electron chi connectivity index (χ0n) is 13.8. The molecule has 5 nitrogen and oxygen atoms in total. The van der Waals surface area contributed by atoms with E-state index in [2.05, 4.69) is 0 Å². The number of nitrogens with two attached hydrogens (primary N) is 1. The molecule has 0 aromatic heterocycles. The van der Waals surface area contributed by atoms with Gasteiger partial charge in [0.05, 0.1) is 16.7 Å². The molecular weight excluding hydrogens is 363 g/mol. The maximum Gasteiger partial charge on any atom is 0.238 e. The van der Waals surface area contributed by atoms with Crippen LogP contribution in [0.25, 0.3) is 0 Å². The first-order valence-corrected chi connectivity index (χ1v) is 9.99. The van der Waals surface area contributed by atoms with E-state index in [4.69, 9.17) is 5.14 Å². The topological polar surface area (TPSA) is 80.5 Å². The van der Waals surface area contributed by atoms with E-state index in [9.17, 15) is 17.6 Å². The van der Waals surface area contributed by atoms with E-state index in [1.807, 2.05) is 6.92 Å². The molecule has 8 heteroatoms. The second-order valence-electron chi connectivity index (χ2n) is 5.51. The molecule has 0 spiro atoms. The number of sulfonamides is 1. The van der Waals surface area contributed by atoms with Crippen molar-refractivity contribution in [2.45, 2.75) is 22.8 Å². The zero-order chi connectivity index (χ0) is 18.6. The molecular formula is C17H19FN2O3S2. The quantitative estimate of drug-likeness (QED) is 0.779. The second-order valence-corrected chi connectivity index (χ2v) is 8.09. The Hall–Kier alpha value is -1.90. The summed E-state index contributed by atoms with van der Waals surface area (Å²) in [7, 11) is -2.09. The van der Waals surface area contributed by atoms with Gasteiger partial charge in [0.15, 0.2) is 0 Å². The average Bonchev–Trinajstić information content (AvgIpc) is 2.59. The van der Waals surface area contributed by atoms with Crippen molar-refractivity contribution in [1.29, 1.82) is 0 Å². The molecule has 25 heavy (non-hydrogen) atoms. The van der Waals surface area contributed by atoms with Crippen molar-refractivity contribution in [2.75, 3.05) is 12.8 Å². The summed E-state index contributed by atoms with van der Waals surface area (Å²) in [6.45, 7) is 1.83. The summed E-state index contributed by atoms with van der Waals surface area (Å²) in [6, 6.07) is 12.1. The van der Waals surface area contributed by atoms with Gasteiger partial charge in [-0.05, 0) is 36.8 Å². The molecule has 0 aliphatic heterocycles. The standard InChI is InChI=1S/C17H19FN2O3S2/c1-12(13-7-9-14(10-8-13)25(19,22)23)20(2)17(21)11-24-16-6-4-3-5-15(16)18/h3-10,12H,11H2,1-2H3,(H2,19,22,23). The Morgan fingerprint density at radius 2 is 1.80 bits per heavy atom. The number of benzene rings is 2. The number of nitrogens with zero attached hydrogens (tertiary/aromatic N) is 1. The zero-order valence-corrected chi connectivity index (χ0v) is 15.5. The highest BCUT2D eigenvalue weighted by Gasteiger charge is 2.18. The molecule has 2 N–H and O–H groups in total. The Morgan fingerprint density at radius 3 is 2.36 bits per heavy atom. The fourth-order valence-electron chi connectivity index (χ4n) is 2.18. The molecule has 2 rings (SSSR count). The highest BCUT2D eigenvalue weighted by molar-refractivity contribution is 8.00. The van der Waals surface area contributed by atoms with Crippen LogP contribution in [-0.2, 0) is 14.8 Å². The highest BCUT2D eigenvalue weighted by Crippen LogP contribution is 2.24. The third kappa shape index (κ3) is 5.04. The first-order chi connectivity index (χ1) is 11.7. The van der Waals surface area contributed by atoms with Crippen molar-refractivity contribution in [3.05, 3.63) is 59.9 Å². The summed E-state index contributed by atoms with van der Waals surface area (Å²) >= 11 is 1.14. The SMILES string of the molecule is CC(c1ccc(S(N)(=O)=O)cc1)N(C)C(=O)CSc1ccccc1F. The van der Waals surface area contributed by atoms with Gasteiger partial charge in [0, 0.05) is 11.9 Å². The number of carbonyl (C=O) groups excluding carboxylic acids is 1. The maximum atomic E-state index is 13.6. The molecule has 0 fully saturated rings. The highest BCUT2D eigenvalue weighted by atomic mass is 32.2. The van der Waals surface area contributed by atoms with Gasteiger partial charge in [-0.25, -0.2) is 17.9 Å². The fraction of sp³-hybridized carbons (Fsp3) is 0.235. The number of halogens is 1. The minimum atomic E-state index is -3.74. The van der Waals surface area contributed by atoms with Crippen LogP contribution in [0.2, 0.25) is 0 Å². The summed E-state index contributed by atoms with van der Waals surface area (Å²) in [5, 5.41) is 5.07. The minimum Gasteiger partial charge on any atom is -0.338 e. The first-order valence-electron chi connectivity index (χ1n) is 7.46. The van der Waals surface area contributed by atoms with Crippen LogP contribution >= 0.6 is 11.8 Å². The third-order valence-electron chi connectivity index (χ3n) is 3.85. The van der Waals surface area contributed by atoms with Crippen molar-refractivity contribution < 1.29 is 17.6 Å². The summed E-state index contributed by atoms with van der Waals surface area (Å²) in [4.78, 5) is 14.3. The Labute approximate surface area is 151 Å². The molecule has 0 aliphatic carbocycles. The molecule has 2 aromatic carbocycles. The van der Waals surface area contributed by atoms with Gasteiger partial charge in [-0.3, -0.25) is 4.79 Å². The predicted molar refractivity (Wildman–Crippen MR) is 96.1 cm³/mol. The number of hydrogen-bond donors (Lipinski definition) is 1. The lowest BCUT2D eigenvalue weighted by atomic mass is 10.1. The van der Waals surface area contributed by atoms with Crippen LogP contribution in [0.3, 0.4) is 0 Å². The summed E-state index contributed by atoms with van der Waals surface area (Å²) in [5.41, 5.74) is 0.777. The van der Waals surface area contributed by atoms with Crippen molar-refractivity contribution in [1.82, 2.24) is 4.90 Å². The van der Waals surface area contributed by atoms with Gasteiger partial charge in [0.1, 0.15) is 5.82 Å². The van der Waals surface area contributed by atoms with Crippen LogP contribution in [0, 0.1) is 5.82 Å². The van der Waals surface area contributed by atoms with Crippen LogP contribution in [-0.4, -0.2) is 32.0 Å². The second kappa shape index (κ2) is 7.99. The molecule has 0 saturated carbocycles. The van der Waals surface area contributed by atoms with Crippen LogP contribution in [0.15, 0.2) is 58.3 Å². The van der Waals surface area contributed by atoms with Gasteiger partial charge in [-0.2, -0.15) is 0 Å². The molecule has 0 saturated heterocycles. The van der Waals surface area contributed by atoms with Crippen molar-refractivity contribution in [2.24, 2.45) is 5.14 Å². The van der Waals surface area contributed by atoms with E-state index in [-0.39, 0.29) is 28.4 Å². The minimum absolute atomic E-state index is 0.0209. The van der Waals surface area contributed by atoms with E-state index < -0.39 is 10.0 Å². The molecule has 134 valence electrons. The average molecular weight is 382 g/mol. The molecule has 2 aromatic rings. The number of carbonyl (C=O) groups is 1. The van der Waals surface area contributed by atoms with Gasteiger partial charge < -0.3 is 4.90 Å². The predicted octanol–water partition coefficient (Wildman–Crippen LogP) is 2.78. The largest absolute Gasteiger partial charge is 0.338 e. The Balaban J connectivity index is 2.02. The van der Waals surface area contributed by atoms with Gasteiger partial charge >= 0.3 is 0 Å². The Bertz CT molecular complexity index is 854. The molecule has 1 amide bonds. The van der Waals surface area contributed by atoms with Crippen LogP contribution in [0.4, 0.5) is 4.39 Å². The lowest BCUT2D eigenvalue weighted by Crippen LogP contribution is -2.31. The molecule has 0 heterocycles. The lowest BCUT2D eigenvalue weighted by molar-refractivity contribution is -0.128. The number of primary sulfonamides is 1. The van der Waals surface area contributed by atoms with E-state index in [0.717, 1.165) is 17.3 Å². The van der Waals surface area contributed by atoms with Crippen LogP contribution < -0.4 is 5.14 Å². The number of hydrogen-bond acceptors (Lipinski definition) is 4. The van der Waals surface area contributed by atoms with E-state index in [0.29, 0.717) is 4.90 Å². The van der Waals surface area contributed by atoms with Crippen LogP contribution in [0.5, 0.6) is 0 Å². The normalized spacial score (nSPS) is 12.6. The monoisotopic (exact) mass is 382 g/mol. The van der Waals surface area contributed by atoms with Crippen molar-refractivity contribution in [3.8, 4) is 0 Å². The number of thioether (sulfide) groups is 1. The summed E-state index contributed by atoms with van der Waals surface area (Å²) in [6.07, 6.45) is 0. The van der Waals surface area contributed by atoms with Crippen LogP contribution in [0.1, 0.15) is 18.5 Å². The fourth-order valence-corrected chi connectivity index (χ4v) is 3.56. The first kappa shape index (κ1) is 19.4. The lowest BCUT2D eigenvalue weighted by Gasteiger charge is -2.25. The van der Waals surface area contributed by atoms with Gasteiger partial charge in [0.25, 0.3) is 0 Å². The maximum absolute atomic E-state index is 13.6. The molecule has 1 atom stereocenters. The Morgan fingerprint density at radius 1 is 1.20 bits per heavy atom. The number of rotatable bonds is 6. The third-order valence-corrected chi connectivity index (χ3v) is 5.82. The molecule has 0 bridgehead atoms. The van der Waals surface area contributed by atoms with E-state index >= 15 is 0 Å². The van der Waals surface area contributed by atoms with Gasteiger partial charge in [-0.15, -0.1) is 11.8 Å².